The first kappa shape index (κ1) is 13.1. The molecule has 1 saturated heterocycles. The molecule has 1 heterocycles. The van der Waals surface area contributed by atoms with Gasteiger partial charge in [-0.2, -0.15) is 0 Å². The molecule has 1 amide bonds. The maximum Gasteiger partial charge on any atom is 0.244 e. The predicted molar refractivity (Wildman–Crippen MR) is 71.6 cm³/mol. The number of carbonyl (C=O) groups is 1. The molecule has 1 aliphatic rings. The zero-order valence-electron chi connectivity index (χ0n) is 10.9. The van der Waals surface area contributed by atoms with E-state index in [0.717, 1.165) is 11.3 Å². The molecule has 2 unspecified atom stereocenters. The van der Waals surface area contributed by atoms with Crippen LogP contribution in [0.2, 0.25) is 0 Å². The monoisotopic (exact) mass is 248 g/mol. The average Bonchev–Trinajstić information content (AvgIpc) is 2.77. The first-order chi connectivity index (χ1) is 8.61. The van der Waals surface area contributed by atoms with Crippen LogP contribution in [0.4, 0.5) is 5.69 Å². The van der Waals surface area contributed by atoms with Gasteiger partial charge < -0.3 is 15.3 Å². The third-order valence-electron chi connectivity index (χ3n) is 3.30. The molecule has 1 fully saturated rings. The lowest BCUT2D eigenvalue weighted by molar-refractivity contribution is -0.120. The summed E-state index contributed by atoms with van der Waals surface area (Å²) in [7, 11) is 0. The Balaban J connectivity index is 2.15. The lowest BCUT2D eigenvalue weighted by Crippen LogP contribution is -2.43. The van der Waals surface area contributed by atoms with E-state index in [9.17, 15) is 9.90 Å². The lowest BCUT2D eigenvalue weighted by Gasteiger charge is -2.24. The highest BCUT2D eigenvalue weighted by Gasteiger charge is 2.31. The highest BCUT2D eigenvalue weighted by molar-refractivity contribution is 5.97. The molecule has 0 radical (unpaired) electrons. The van der Waals surface area contributed by atoms with Crippen LogP contribution in [0.15, 0.2) is 24.3 Å². The molecule has 98 valence electrons. The van der Waals surface area contributed by atoms with Crippen molar-refractivity contribution in [2.45, 2.75) is 32.4 Å². The van der Waals surface area contributed by atoms with E-state index < -0.39 is 6.10 Å². The van der Waals surface area contributed by atoms with Crippen molar-refractivity contribution in [3.8, 4) is 0 Å². The van der Waals surface area contributed by atoms with Crippen molar-refractivity contribution in [3.05, 3.63) is 29.8 Å². The number of carbonyl (C=O) groups excluding carboxylic acids is 1. The van der Waals surface area contributed by atoms with Crippen LogP contribution < -0.4 is 10.2 Å². The van der Waals surface area contributed by atoms with Gasteiger partial charge in [-0.15, -0.1) is 0 Å². The van der Waals surface area contributed by atoms with Gasteiger partial charge in [0.05, 0.1) is 12.1 Å². The van der Waals surface area contributed by atoms with Crippen molar-refractivity contribution < 1.29 is 9.90 Å². The summed E-state index contributed by atoms with van der Waals surface area (Å²) in [5, 5.41) is 12.5. The van der Waals surface area contributed by atoms with Gasteiger partial charge in [0.2, 0.25) is 5.91 Å². The fourth-order valence-electron chi connectivity index (χ4n) is 2.35. The van der Waals surface area contributed by atoms with E-state index in [4.69, 9.17) is 0 Å². The largest absolute Gasteiger partial charge is 0.392 e. The van der Waals surface area contributed by atoms with Gasteiger partial charge in [-0.3, -0.25) is 4.79 Å². The van der Waals surface area contributed by atoms with Crippen molar-refractivity contribution in [2.24, 2.45) is 0 Å². The molecule has 4 heteroatoms. The van der Waals surface area contributed by atoms with Crippen molar-refractivity contribution in [1.29, 1.82) is 0 Å². The van der Waals surface area contributed by atoms with Crippen LogP contribution in [0.25, 0.3) is 0 Å². The van der Waals surface area contributed by atoms with Gasteiger partial charge >= 0.3 is 0 Å². The number of β-amino-alcohol motifs (C(OH)–C–C–N with tert-alkyl or cyclic N) is 1. The third kappa shape index (κ3) is 2.71. The summed E-state index contributed by atoms with van der Waals surface area (Å²) in [5.41, 5.74) is 2.06. The lowest BCUT2D eigenvalue weighted by atomic mass is 10.1. The molecule has 2 rings (SSSR count). The maximum atomic E-state index is 12.4. The molecule has 0 saturated carbocycles. The summed E-state index contributed by atoms with van der Waals surface area (Å²) in [6.07, 6.45) is 0.0939. The van der Waals surface area contributed by atoms with Crippen LogP contribution in [-0.2, 0) is 4.79 Å². The van der Waals surface area contributed by atoms with Gasteiger partial charge in [-0.1, -0.05) is 12.1 Å². The van der Waals surface area contributed by atoms with Crippen molar-refractivity contribution in [3.63, 3.8) is 0 Å². The number of rotatable bonds is 3. The molecule has 1 aliphatic heterocycles. The number of likely N-dealkylation sites (N-methyl/N-ethyl adjacent to an activating group) is 1. The minimum atomic E-state index is -0.407. The summed E-state index contributed by atoms with van der Waals surface area (Å²) in [4.78, 5) is 14.2. The number of anilines is 1. The molecular weight excluding hydrogens is 228 g/mol. The van der Waals surface area contributed by atoms with Crippen LogP contribution >= 0.6 is 0 Å². The van der Waals surface area contributed by atoms with E-state index in [1.54, 1.807) is 4.90 Å². The quantitative estimate of drug-likeness (QED) is 0.841. The number of hydrogen-bond acceptors (Lipinski definition) is 3. The first-order valence-corrected chi connectivity index (χ1v) is 6.41. The van der Waals surface area contributed by atoms with E-state index in [2.05, 4.69) is 5.32 Å². The van der Waals surface area contributed by atoms with Crippen LogP contribution in [0.5, 0.6) is 0 Å². The molecular formula is C14H20N2O2. The zero-order chi connectivity index (χ0) is 13.1. The smallest absolute Gasteiger partial charge is 0.244 e. The summed E-state index contributed by atoms with van der Waals surface area (Å²) in [6, 6.07) is 7.66. The van der Waals surface area contributed by atoms with Crippen molar-refractivity contribution in [2.75, 3.05) is 18.0 Å². The van der Waals surface area contributed by atoms with Gasteiger partial charge in [0.15, 0.2) is 0 Å². The number of hydrogen-bond donors (Lipinski definition) is 2. The highest BCUT2D eigenvalue weighted by Crippen LogP contribution is 2.19. The summed E-state index contributed by atoms with van der Waals surface area (Å²) in [6.45, 7) is 5.11. The highest BCUT2D eigenvalue weighted by atomic mass is 16.3. The number of aryl methyl sites for hydroxylation is 1. The Kier molecular flexibility index (Phi) is 3.99. The number of nitrogens with one attached hydrogen (secondary N) is 1. The number of benzene rings is 1. The third-order valence-corrected chi connectivity index (χ3v) is 3.30. The summed E-state index contributed by atoms with van der Waals surface area (Å²) in [5.74, 6) is 0.0413. The molecule has 1 aromatic carbocycles. The Morgan fingerprint density at radius 1 is 1.56 bits per heavy atom. The molecule has 1 aromatic rings. The Labute approximate surface area is 108 Å². The predicted octanol–water partition coefficient (Wildman–Crippen LogP) is 1.07. The molecule has 2 atom stereocenters. The number of aliphatic hydroxyl groups is 1. The average molecular weight is 248 g/mol. The normalized spacial score (nSPS) is 23.1. The molecule has 2 N–H and O–H groups in total. The van der Waals surface area contributed by atoms with Crippen LogP contribution in [0.1, 0.15) is 18.9 Å². The Bertz CT molecular complexity index is 434. The SMILES string of the molecule is CCN(C(=O)C1CC(O)CN1)c1cccc(C)c1. The van der Waals surface area contributed by atoms with E-state index in [1.165, 1.54) is 0 Å². The van der Waals surface area contributed by atoms with Crippen molar-refractivity contribution >= 4 is 11.6 Å². The standard InChI is InChI=1S/C14H20N2O2/c1-3-16(11-6-4-5-10(2)7-11)14(18)13-8-12(17)9-15-13/h4-7,12-13,15,17H,3,8-9H2,1-2H3. The minimum Gasteiger partial charge on any atom is -0.392 e. The number of nitrogens with zero attached hydrogens (tertiary/aromatic N) is 1. The Morgan fingerprint density at radius 2 is 2.33 bits per heavy atom. The van der Waals surface area contributed by atoms with Gasteiger partial charge in [0.1, 0.15) is 0 Å². The molecule has 0 bridgehead atoms. The van der Waals surface area contributed by atoms with Crippen LogP contribution in [-0.4, -0.2) is 36.2 Å². The zero-order valence-corrected chi connectivity index (χ0v) is 10.9. The maximum absolute atomic E-state index is 12.4. The van der Waals surface area contributed by atoms with Crippen LogP contribution in [0, 0.1) is 6.92 Å². The second-order valence-electron chi connectivity index (χ2n) is 4.77. The van der Waals surface area contributed by atoms with Crippen LogP contribution in [0.3, 0.4) is 0 Å². The van der Waals surface area contributed by atoms with Crippen molar-refractivity contribution in [1.82, 2.24) is 5.32 Å². The number of amides is 1. The van der Waals surface area contributed by atoms with E-state index in [1.807, 2.05) is 38.1 Å². The topological polar surface area (TPSA) is 52.6 Å². The number of aliphatic hydroxyl groups excluding tert-OH is 1. The fraction of sp³-hybridized carbons (Fsp3) is 0.500. The second-order valence-corrected chi connectivity index (χ2v) is 4.77. The summed E-state index contributed by atoms with van der Waals surface area (Å²) < 4.78 is 0. The van der Waals surface area contributed by atoms with E-state index in [0.29, 0.717) is 19.5 Å². The van der Waals surface area contributed by atoms with E-state index in [-0.39, 0.29) is 11.9 Å². The van der Waals surface area contributed by atoms with Gasteiger partial charge in [0.25, 0.3) is 0 Å². The second kappa shape index (κ2) is 5.50. The van der Waals surface area contributed by atoms with E-state index >= 15 is 0 Å². The summed E-state index contributed by atoms with van der Waals surface area (Å²) >= 11 is 0. The molecule has 4 nitrogen and oxygen atoms in total. The van der Waals surface area contributed by atoms with Gasteiger partial charge in [-0.25, -0.2) is 0 Å². The fourth-order valence-corrected chi connectivity index (χ4v) is 2.35. The molecule has 0 spiro atoms. The molecule has 18 heavy (non-hydrogen) atoms. The minimum absolute atomic E-state index is 0.0413. The Hall–Kier alpha value is -1.39. The first-order valence-electron chi connectivity index (χ1n) is 6.41. The van der Waals surface area contributed by atoms with Gasteiger partial charge in [-0.05, 0) is 38.0 Å². The van der Waals surface area contributed by atoms with Gasteiger partial charge in [0, 0.05) is 18.8 Å². The molecule has 0 aliphatic carbocycles. The molecule has 0 aromatic heterocycles. The Morgan fingerprint density at radius 3 is 2.89 bits per heavy atom.